The second kappa shape index (κ2) is 13.2. The molecule has 1 aromatic heterocycles. The normalized spacial score (nSPS) is 16.2. The minimum atomic E-state index is -1.19. The van der Waals surface area contributed by atoms with Gasteiger partial charge in [0, 0.05) is 50.3 Å². The Kier molecular flexibility index (Phi) is 9.99. The molecule has 0 aliphatic carbocycles. The molecule has 4 rings (SSSR count). The summed E-state index contributed by atoms with van der Waals surface area (Å²) in [5.74, 6) is -0.296. The van der Waals surface area contributed by atoms with Crippen molar-refractivity contribution >= 4 is 25.1 Å². The van der Waals surface area contributed by atoms with E-state index in [0.717, 1.165) is 28.1 Å². The van der Waals surface area contributed by atoms with E-state index in [9.17, 15) is 14.4 Å². The van der Waals surface area contributed by atoms with Crippen molar-refractivity contribution in [2.45, 2.75) is 90.1 Å². The first-order chi connectivity index (χ1) is 20.2. The van der Waals surface area contributed by atoms with Gasteiger partial charge < -0.3 is 19.1 Å². The number of carbonyl (C=O) groups is 1. The minimum absolute atomic E-state index is 0.296. The van der Waals surface area contributed by atoms with Crippen LogP contribution in [0.15, 0.2) is 42.6 Å². The second-order valence-electron chi connectivity index (χ2n) is 13.8. The smallest absolute Gasteiger partial charge is 0.410 e. The molecule has 1 unspecified atom stereocenters. The van der Waals surface area contributed by atoms with E-state index in [1.54, 1.807) is 9.58 Å². The maximum Gasteiger partial charge on any atom is 0.410 e. The monoisotopic (exact) mass is 608 g/mol. The Hall–Kier alpha value is -3.26. The average Bonchev–Trinajstić information content (AvgIpc) is 3.35. The van der Waals surface area contributed by atoms with Crippen molar-refractivity contribution in [2.75, 3.05) is 26.3 Å². The van der Waals surface area contributed by atoms with Gasteiger partial charge in [-0.25, -0.2) is 13.9 Å². The predicted molar refractivity (Wildman–Crippen MR) is 168 cm³/mol. The summed E-state index contributed by atoms with van der Waals surface area (Å²) >= 11 is 0. The lowest BCUT2D eigenvalue weighted by atomic mass is 9.73. The van der Waals surface area contributed by atoms with Crippen LogP contribution in [0.5, 0.6) is 0 Å². The van der Waals surface area contributed by atoms with E-state index in [0.29, 0.717) is 51.4 Å². The van der Waals surface area contributed by atoms with Crippen LogP contribution in [0.3, 0.4) is 0 Å². The number of halogens is 1. The van der Waals surface area contributed by atoms with Gasteiger partial charge in [-0.2, -0.15) is 10.4 Å². The van der Waals surface area contributed by atoms with Crippen molar-refractivity contribution in [1.29, 1.82) is 5.26 Å². The van der Waals surface area contributed by atoms with Gasteiger partial charge in [-0.3, -0.25) is 0 Å². The standard InChI is InChI=1S/C33H45FN4O4Si/c1-24(29-19-25(20-35)18-26-21-38(36-30(26)29)23-40-16-17-43(5,6)7)41-22-33(27-8-10-28(34)11-9-27)12-14-37(15-13-33)31(39)42-32(2,3)4/h8-11,18-19,21,24H,12-17,22-23H2,1-7H3. The molecule has 10 heteroatoms. The van der Waals surface area contributed by atoms with Crippen molar-refractivity contribution in [3.05, 3.63) is 65.1 Å². The summed E-state index contributed by atoms with van der Waals surface area (Å²) in [6.07, 6.45) is 2.50. The number of aromatic nitrogens is 2. The van der Waals surface area contributed by atoms with E-state index in [1.807, 2.05) is 58.2 Å². The van der Waals surface area contributed by atoms with Crippen molar-refractivity contribution in [1.82, 2.24) is 14.7 Å². The number of rotatable bonds is 10. The number of hydrogen-bond acceptors (Lipinski definition) is 6. The van der Waals surface area contributed by atoms with Crippen molar-refractivity contribution in [3.63, 3.8) is 0 Å². The summed E-state index contributed by atoms with van der Waals surface area (Å²) < 4.78 is 33.7. The molecule has 1 atom stereocenters. The molecule has 2 aromatic carbocycles. The number of nitrogens with zero attached hydrogens (tertiary/aromatic N) is 4. The Morgan fingerprint density at radius 1 is 1.16 bits per heavy atom. The Bertz CT molecular complexity index is 1450. The molecule has 8 nitrogen and oxygen atoms in total. The number of amides is 1. The van der Waals surface area contributed by atoms with E-state index < -0.39 is 19.1 Å². The lowest BCUT2D eigenvalue weighted by molar-refractivity contribution is -0.00935. The third kappa shape index (κ3) is 8.65. The number of hydrogen-bond donors (Lipinski definition) is 0. The van der Waals surface area contributed by atoms with Crippen molar-refractivity contribution in [2.24, 2.45) is 0 Å². The fraction of sp³-hybridized carbons (Fsp3) is 0.545. The maximum atomic E-state index is 13.9. The molecule has 1 amide bonds. The Labute approximate surface area is 255 Å². The summed E-state index contributed by atoms with van der Waals surface area (Å²) in [4.78, 5) is 14.5. The van der Waals surface area contributed by atoms with Crippen LogP contribution in [-0.4, -0.2) is 60.8 Å². The van der Waals surface area contributed by atoms with Crippen LogP contribution in [0, 0.1) is 17.1 Å². The van der Waals surface area contributed by atoms with Gasteiger partial charge in [0.05, 0.1) is 29.9 Å². The number of nitriles is 1. The van der Waals surface area contributed by atoms with Gasteiger partial charge in [0.25, 0.3) is 0 Å². The molecule has 0 saturated carbocycles. The molecule has 0 N–H and O–H groups in total. The number of likely N-dealkylation sites (tertiary alicyclic amines) is 1. The molecule has 43 heavy (non-hydrogen) atoms. The Morgan fingerprint density at radius 3 is 2.44 bits per heavy atom. The summed E-state index contributed by atoms with van der Waals surface area (Å²) in [6.45, 7) is 16.9. The highest BCUT2D eigenvalue weighted by Crippen LogP contribution is 2.38. The molecule has 1 aliphatic rings. The predicted octanol–water partition coefficient (Wildman–Crippen LogP) is 7.41. The maximum absolute atomic E-state index is 13.9. The van der Waals surface area contributed by atoms with Gasteiger partial charge >= 0.3 is 6.09 Å². The van der Waals surface area contributed by atoms with Gasteiger partial charge in [-0.1, -0.05) is 31.8 Å². The van der Waals surface area contributed by atoms with Crippen molar-refractivity contribution in [3.8, 4) is 6.07 Å². The Balaban J connectivity index is 1.53. The molecular weight excluding hydrogens is 563 g/mol. The first kappa shape index (κ1) is 32.6. The van der Waals surface area contributed by atoms with E-state index in [4.69, 9.17) is 19.3 Å². The summed E-state index contributed by atoms with van der Waals surface area (Å²) in [6, 6.07) is 13.6. The van der Waals surface area contributed by atoms with Crippen LogP contribution in [0.1, 0.15) is 63.3 Å². The molecule has 0 spiro atoms. The fourth-order valence-corrected chi connectivity index (χ4v) is 6.08. The highest BCUT2D eigenvalue weighted by Gasteiger charge is 2.39. The van der Waals surface area contributed by atoms with Gasteiger partial charge in [0.2, 0.25) is 0 Å². The van der Waals surface area contributed by atoms with Gasteiger partial charge in [-0.15, -0.1) is 0 Å². The van der Waals surface area contributed by atoms with Crippen LogP contribution < -0.4 is 0 Å². The number of piperidine rings is 1. The van der Waals surface area contributed by atoms with Gasteiger partial charge in [0.1, 0.15) is 18.1 Å². The molecule has 0 bridgehead atoms. The number of ether oxygens (including phenoxy) is 3. The average molecular weight is 609 g/mol. The number of fused-ring (bicyclic) bond motifs is 1. The Morgan fingerprint density at radius 2 is 1.84 bits per heavy atom. The molecular formula is C33H45FN4O4Si. The summed E-state index contributed by atoms with van der Waals surface area (Å²) in [5, 5.41) is 15.4. The lowest BCUT2D eigenvalue weighted by Gasteiger charge is -2.42. The van der Waals surface area contributed by atoms with Crippen LogP contribution in [0.4, 0.5) is 9.18 Å². The van der Waals surface area contributed by atoms with Crippen LogP contribution in [0.25, 0.3) is 10.9 Å². The molecule has 1 saturated heterocycles. The van der Waals surface area contributed by atoms with Crippen molar-refractivity contribution < 1.29 is 23.4 Å². The third-order valence-electron chi connectivity index (χ3n) is 7.91. The lowest BCUT2D eigenvalue weighted by Crippen LogP contribution is -2.48. The van der Waals surface area contributed by atoms with E-state index in [1.165, 1.54) is 12.1 Å². The molecule has 1 aliphatic heterocycles. The highest BCUT2D eigenvalue weighted by atomic mass is 28.3. The first-order valence-corrected chi connectivity index (χ1v) is 18.7. The largest absolute Gasteiger partial charge is 0.444 e. The molecule has 1 fully saturated rings. The van der Waals surface area contributed by atoms with Crippen LogP contribution >= 0.6 is 0 Å². The van der Waals surface area contributed by atoms with Gasteiger partial charge in [0.15, 0.2) is 0 Å². The zero-order valence-electron chi connectivity index (χ0n) is 26.6. The zero-order chi connectivity index (χ0) is 31.4. The molecule has 3 aromatic rings. The SMILES string of the molecule is CC(OCC1(c2ccc(F)cc2)CCN(C(=O)OC(C)(C)C)CC1)c1cc(C#N)cc2cn(COCC[Si](C)(C)C)nc12. The quantitative estimate of drug-likeness (QED) is 0.176. The van der Waals surface area contributed by atoms with Gasteiger partial charge in [-0.05, 0) is 76.4 Å². The first-order valence-electron chi connectivity index (χ1n) is 15.0. The van der Waals surface area contributed by atoms with E-state index in [2.05, 4.69) is 25.7 Å². The van der Waals surface area contributed by atoms with E-state index in [-0.39, 0.29) is 18.0 Å². The summed E-state index contributed by atoms with van der Waals surface area (Å²) in [7, 11) is -1.19. The number of carbonyl (C=O) groups excluding carboxylic acids is 1. The molecule has 0 radical (unpaired) electrons. The van der Waals surface area contributed by atoms with Crippen LogP contribution in [0.2, 0.25) is 25.7 Å². The topological polar surface area (TPSA) is 89.6 Å². The number of benzene rings is 2. The van der Waals surface area contributed by atoms with E-state index >= 15 is 0 Å². The third-order valence-corrected chi connectivity index (χ3v) is 9.62. The zero-order valence-corrected chi connectivity index (χ0v) is 27.6. The second-order valence-corrected chi connectivity index (χ2v) is 19.5. The highest BCUT2D eigenvalue weighted by molar-refractivity contribution is 6.76. The minimum Gasteiger partial charge on any atom is -0.444 e. The van der Waals surface area contributed by atoms with Crippen LogP contribution in [-0.2, 0) is 26.4 Å². The fourth-order valence-electron chi connectivity index (χ4n) is 5.33. The molecule has 232 valence electrons. The summed E-state index contributed by atoms with van der Waals surface area (Å²) in [5.41, 5.74) is 2.12. The molecule has 2 heterocycles.